The van der Waals surface area contributed by atoms with Crippen LogP contribution in [0.3, 0.4) is 0 Å². The molecule has 0 saturated carbocycles. The van der Waals surface area contributed by atoms with Crippen LogP contribution in [0.5, 0.6) is 11.5 Å². The van der Waals surface area contributed by atoms with Crippen LogP contribution in [0.1, 0.15) is 50.3 Å². The van der Waals surface area contributed by atoms with Gasteiger partial charge in [0.25, 0.3) is 5.91 Å². The Morgan fingerprint density at radius 1 is 1.00 bits per heavy atom. The molecule has 0 radical (unpaired) electrons. The molecule has 174 valence electrons. The van der Waals surface area contributed by atoms with Gasteiger partial charge >= 0.3 is 0 Å². The molecule has 0 spiro atoms. The summed E-state index contributed by atoms with van der Waals surface area (Å²) < 4.78 is 11.1. The fraction of sp³-hybridized carbons (Fsp3) is 0.462. The van der Waals surface area contributed by atoms with Crippen molar-refractivity contribution in [2.45, 2.75) is 66.1 Å². The van der Waals surface area contributed by atoms with Crippen LogP contribution >= 0.6 is 0 Å². The Labute approximate surface area is 191 Å². The first-order valence-corrected chi connectivity index (χ1v) is 11.2. The Bertz CT molecular complexity index is 912. The van der Waals surface area contributed by atoms with Crippen molar-refractivity contribution in [3.05, 3.63) is 59.2 Å². The second-order valence-corrected chi connectivity index (χ2v) is 8.15. The van der Waals surface area contributed by atoms with Gasteiger partial charge in [0.15, 0.2) is 6.61 Å². The van der Waals surface area contributed by atoms with Crippen molar-refractivity contribution in [1.82, 2.24) is 10.2 Å². The summed E-state index contributed by atoms with van der Waals surface area (Å²) in [6.45, 7) is 10.1. The van der Waals surface area contributed by atoms with Gasteiger partial charge in [-0.15, -0.1) is 0 Å². The maximum Gasteiger partial charge on any atom is 0.261 e. The molecule has 0 aliphatic heterocycles. The quantitative estimate of drug-likeness (QED) is 0.562. The molecule has 2 aromatic carbocycles. The van der Waals surface area contributed by atoms with Crippen LogP contribution in [-0.2, 0) is 16.1 Å². The highest BCUT2D eigenvalue weighted by molar-refractivity contribution is 5.88. The van der Waals surface area contributed by atoms with E-state index in [1.54, 1.807) is 12.0 Å². The summed E-state index contributed by atoms with van der Waals surface area (Å²) >= 11 is 0. The van der Waals surface area contributed by atoms with Gasteiger partial charge in [-0.25, -0.2) is 0 Å². The lowest BCUT2D eigenvalue weighted by Crippen LogP contribution is -2.51. The Balaban J connectivity index is 2.24. The van der Waals surface area contributed by atoms with Gasteiger partial charge < -0.3 is 19.7 Å². The van der Waals surface area contributed by atoms with Gasteiger partial charge in [-0.1, -0.05) is 32.0 Å². The van der Waals surface area contributed by atoms with E-state index in [4.69, 9.17) is 9.47 Å². The molecule has 0 fully saturated rings. The lowest BCUT2D eigenvalue weighted by atomic mass is 10.1. The normalized spacial score (nSPS) is 12.6. The van der Waals surface area contributed by atoms with Crippen LogP contribution < -0.4 is 14.8 Å². The summed E-state index contributed by atoms with van der Waals surface area (Å²) in [6.07, 6.45) is 1.32. The lowest BCUT2D eigenvalue weighted by molar-refractivity contribution is -0.143. The van der Waals surface area contributed by atoms with Crippen molar-refractivity contribution in [3.8, 4) is 11.5 Å². The fourth-order valence-corrected chi connectivity index (χ4v) is 3.36. The largest absolute Gasteiger partial charge is 0.497 e. The zero-order valence-corrected chi connectivity index (χ0v) is 20.1. The molecule has 0 aromatic heterocycles. The number of carbonyl (C=O) groups excluding carboxylic acids is 2. The molecule has 2 amide bonds. The topological polar surface area (TPSA) is 67.9 Å². The second-order valence-electron chi connectivity index (χ2n) is 8.15. The molecule has 0 unspecified atom stereocenters. The molecule has 2 rings (SSSR count). The third kappa shape index (κ3) is 7.01. The summed E-state index contributed by atoms with van der Waals surface area (Å²) in [5.41, 5.74) is 3.15. The molecule has 0 saturated heterocycles. The van der Waals surface area contributed by atoms with Gasteiger partial charge in [-0.2, -0.15) is 0 Å². The molecule has 0 aliphatic carbocycles. The van der Waals surface area contributed by atoms with E-state index >= 15 is 0 Å². The first-order chi connectivity index (χ1) is 15.3. The van der Waals surface area contributed by atoms with Crippen LogP contribution in [0.2, 0.25) is 0 Å². The van der Waals surface area contributed by atoms with Crippen molar-refractivity contribution < 1.29 is 19.1 Å². The predicted molar refractivity (Wildman–Crippen MR) is 127 cm³/mol. The summed E-state index contributed by atoms with van der Waals surface area (Å²) in [4.78, 5) is 27.9. The van der Waals surface area contributed by atoms with E-state index in [0.29, 0.717) is 24.5 Å². The molecule has 6 heteroatoms. The number of ether oxygens (including phenoxy) is 2. The number of rotatable bonds is 11. The van der Waals surface area contributed by atoms with Crippen LogP contribution in [0.15, 0.2) is 42.5 Å². The van der Waals surface area contributed by atoms with E-state index in [0.717, 1.165) is 23.1 Å². The number of carbonyl (C=O) groups is 2. The maximum absolute atomic E-state index is 13.3. The average Bonchev–Trinajstić information content (AvgIpc) is 2.79. The zero-order chi connectivity index (χ0) is 23.7. The number of aryl methyl sites for hydroxylation is 2. The maximum atomic E-state index is 13.3. The van der Waals surface area contributed by atoms with Crippen molar-refractivity contribution in [2.75, 3.05) is 13.7 Å². The lowest BCUT2D eigenvalue weighted by Gasteiger charge is -2.31. The summed E-state index contributed by atoms with van der Waals surface area (Å²) in [5.74, 6) is 0.958. The first-order valence-electron chi connectivity index (χ1n) is 11.2. The van der Waals surface area contributed by atoms with Crippen molar-refractivity contribution in [1.29, 1.82) is 0 Å². The molecule has 6 nitrogen and oxygen atoms in total. The van der Waals surface area contributed by atoms with Crippen LogP contribution in [0.25, 0.3) is 0 Å². The number of hydrogen-bond donors (Lipinski definition) is 1. The van der Waals surface area contributed by atoms with Gasteiger partial charge in [-0.05, 0) is 74.6 Å². The van der Waals surface area contributed by atoms with E-state index in [1.165, 1.54) is 0 Å². The third-order valence-electron chi connectivity index (χ3n) is 5.71. The summed E-state index contributed by atoms with van der Waals surface area (Å²) in [6, 6.07) is 12.7. The Morgan fingerprint density at radius 2 is 1.75 bits per heavy atom. The van der Waals surface area contributed by atoms with E-state index in [-0.39, 0.29) is 24.5 Å². The predicted octanol–water partition coefficient (Wildman–Crippen LogP) is 4.41. The number of nitrogens with zero attached hydrogens (tertiary/aromatic N) is 1. The minimum absolute atomic E-state index is 0.0390. The van der Waals surface area contributed by atoms with Gasteiger partial charge in [-0.3, -0.25) is 9.59 Å². The molecule has 0 bridgehead atoms. The highest BCUT2D eigenvalue weighted by Gasteiger charge is 2.29. The number of nitrogens with one attached hydrogen (secondary N) is 1. The van der Waals surface area contributed by atoms with Crippen LogP contribution in [-0.4, -0.2) is 42.5 Å². The molecule has 1 N–H and O–H groups in total. The molecule has 0 heterocycles. The van der Waals surface area contributed by atoms with Crippen LogP contribution in [0, 0.1) is 13.8 Å². The minimum Gasteiger partial charge on any atom is -0.497 e. The van der Waals surface area contributed by atoms with Crippen molar-refractivity contribution in [2.24, 2.45) is 0 Å². The monoisotopic (exact) mass is 440 g/mol. The van der Waals surface area contributed by atoms with E-state index in [2.05, 4.69) is 5.32 Å². The number of benzene rings is 2. The van der Waals surface area contributed by atoms with Crippen molar-refractivity contribution in [3.63, 3.8) is 0 Å². The SMILES string of the molecule is CC[C@@H](C)NC(=O)[C@@H](CC)N(Cc1cccc(OC)c1)C(=O)COc1ccc(C)c(C)c1. The number of methoxy groups -OCH3 is 1. The van der Waals surface area contributed by atoms with Crippen LogP contribution in [0.4, 0.5) is 0 Å². The average molecular weight is 441 g/mol. The van der Waals surface area contributed by atoms with Gasteiger partial charge in [0.05, 0.1) is 7.11 Å². The first kappa shape index (κ1) is 25.2. The van der Waals surface area contributed by atoms with Gasteiger partial charge in [0, 0.05) is 12.6 Å². The number of amides is 2. The highest BCUT2D eigenvalue weighted by Crippen LogP contribution is 2.19. The molecule has 2 atom stereocenters. The van der Waals surface area contributed by atoms with E-state index in [1.807, 2.05) is 77.1 Å². The molecular weight excluding hydrogens is 404 g/mol. The number of hydrogen-bond acceptors (Lipinski definition) is 4. The molecular formula is C26H36N2O4. The van der Waals surface area contributed by atoms with E-state index < -0.39 is 6.04 Å². The standard InChI is InChI=1S/C26H36N2O4/c1-7-20(5)27-26(30)24(8-2)28(16-21-10-9-11-22(15-21)31-6)25(29)17-32-23-13-12-18(3)19(4)14-23/h9-15,20,24H,7-8,16-17H2,1-6H3,(H,27,30)/t20-,24-/m1/s1. The third-order valence-corrected chi connectivity index (χ3v) is 5.71. The Hall–Kier alpha value is -3.02. The summed E-state index contributed by atoms with van der Waals surface area (Å²) in [7, 11) is 1.61. The summed E-state index contributed by atoms with van der Waals surface area (Å²) in [5, 5.41) is 3.01. The zero-order valence-electron chi connectivity index (χ0n) is 20.1. The second kappa shape index (κ2) is 12.1. The Morgan fingerprint density at radius 3 is 2.38 bits per heavy atom. The highest BCUT2D eigenvalue weighted by atomic mass is 16.5. The smallest absolute Gasteiger partial charge is 0.261 e. The fourth-order valence-electron chi connectivity index (χ4n) is 3.36. The molecule has 32 heavy (non-hydrogen) atoms. The van der Waals surface area contributed by atoms with E-state index in [9.17, 15) is 9.59 Å². The van der Waals surface area contributed by atoms with Gasteiger partial charge in [0.2, 0.25) is 5.91 Å². The molecule has 0 aliphatic rings. The van der Waals surface area contributed by atoms with Crippen molar-refractivity contribution >= 4 is 11.8 Å². The van der Waals surface area contributed by atoms with Gasteiger partial charge in [0.1, 0.15) is 17.5 Å². The Kier molecular flexibility index (Phi) is 9.57. The minimum atomic E-state index is -0.592. The molecule has 2 aromatic rings.